The Hall–Kier alpha value is -0.700. The fourth-order valence-electron chi connectivity index (χ4n) is 1.36. The van der Waals surface area contributed by atoms with Crippen molar-refractivity contribution in [2.45, 2.75) is 6.92 Å². The van der Waals surface area contributed by atoms with Gasteiger partial charge >= 0.3 is 0 Å². The average Bonchev–Trinajstić information content (AvgIpc) is 2.27. The lowest BCUT2D eigenvalue weighted by Gasteiger charge is -2.08. The number of aryl methyl sites for hydroxylation is 1. The zero-order valence-corrected chi connectivity index (χ0v) is 12.1. The Morgan fingerprint density at radius 1 is 1.00 bits per heavy atom. The molecule has 0 aliphatic rings. The van der Waals surface area contributed by atoms with Gasteiger partial charge in [-0.3, -0.25) is 0 Å². The zero-order valence-electron chi connectivity index (χ0n) is 9.01. The SMILES string of the molecule is Cc1ccc(Oc2ccc(Br)c(Cl)c2)c(Cl)c1. The van der Waals surface area contributed by atoms with Gasteiger partial charge in [0.25, 0.3) is 0 Å². The second-order valence-corrected chi connectivity index (χ2v) is 5.28. The van der Waals surface area contributed by atoms with Crippen LogP contribution in [0.25, 0.3) is 0 Å². The quantitative estimate of drug-likeness (QED) is 0.670. The minimum Gasteiger partial charge on any atom is -0.456 e. The normalized spacial score (nSPS) is 10.4. The summed E-state index contributed by atoms with van der Waals surface area (Å²) in [6, 6.07) is 11.0. The van der Waals surface area contributed by atoms with Crippen molar-refractivity contribution in [2.24, 2.45) is 0 Å². The Kier molecular flexibility index (Phi) is 3.97. The molecule has 1 nitrogen and oxygen atoms in total. The Morgan fingerprint density at radius 2 is 1.76 bits per heavy atom. The van der Waals surface area contributed by atoms with Crippen LogP contribution in [0.1, 0.15) is 5.56 Å². The van der Waals surface area contributed by atoms with Crippen LogP contribution in [0.3, 0.4) is 0 Å². The van der Waals surface area contributed by atoms with Crippen LogP contribution in [0.15, 0.2) is 40.9 Å². The largest absolute Gasteiger partial charge is 0.456 e. The summed E-state index contributed by atoms with van der Waals surface area (Å²) in [5, 5.41) is 1.19. The van der Waals surface area contributed by atoms with Gasteiger partial charge in [0.2, 0.25) is 0 Å². The van der Waals surface area contributed by atoms with Crippen LogP contribution in [0.4, 0.5) is 0 Å². The van der Waals surface area contributed by atoms with Gasteiger partial charge in [-0.25, -0.2) is 0 Å². The third kappa shape index (κ3) is 3.15. The van der Waals surface area contributed by atoms with Crippen LogP contribution in [0, 0.1) is 6.92 Å². The Balaban J connectivity index is 2.28. The molecular weight excluding hydrogens is 323 g/mol. The lowest BCUT2D eigenvalue weighted by molar-refractivity contribution is 0.483. The molecule has 0 amide bonds. The van der Waals surface area contributed by atoms with E-state index in [2.05, 4.69) is 15.9 Å². The molecule has 0 fully saturated rings. The van der Waals surface area contributed by atoms with Crippen molar-refractivity contribution in [1.29, 1.82) is 0 Å². The average molecular weight is 332 g/mol. The second kappa shape index (κ2) is 5.30. The Labute approximate surface area is 118 Å². The van der Waals surface area contributed by atoms with E-state index in [1.807, 2.05) is 37.3 Å². The predicted octanol–water partition coefficient (Wildman–Crippen LogP) is 5.86. The first-order valence-corrected chi connectivity index (χ1v) is 6.50. The van der Waals surface area contributed by atoms with Gasteiger partial charge in [-0.1, -0.05) is 29.3 Å². The molecule has 0 saturated heterocycles. The van der Waals surface area contributed by atoms with Crippen molar-refractivity contribution in [3.05, 3.63) is 56.5 Å². The van der Waals surface area contributed by atoms with Crippen LogP contribution < -0.4 is 4.74 Å². The van der Waals surface area contributed by atoms with E-state index in [4.69, 9.17) is 27.9 Å². The Morgan fingerprint density at radius 3 is 2.41 bits per heavy atom. The standard InChI is InChI=1S/C13H9BrCl2O/c1-8-2-5-13(12(16)6-8)17-9-3-4-10(14)11(15)7-9/h2-7H,1H3. The van der Waals surface area contributed by atoms with Crippen molar-refractivity contribution < 1.29 is 4.74 Å². The lowest BCUT2D eigenvalue weighted by atomic mass is 10.2. The summed E-state index contributed by atoms with van der Waals surface area (Å²) in [6.45, 7) is 1.98. The molecule has 0 aromatic heterocycles. The van der Waals surface area contributed by atoms with Crippen LogP contribution in [-0.4, -0.2) is 0 Å². The Bertz CT molecular complexity index is 555. The maximum atomic E-state index is 6.08. The molecule has 0 bridgehead atoms. The summed E-state index contributed by atoms with van der Waals surface area (Å²) >= 11 is 15.4. The van der Waals surface area contributed by atoms with Crippen LogP contribution in [0.5, 0.6) is 11.5 Å². The molecule has 0 aliphatic carbocycles. The van der Waals surface area contributed by atoms with Crippen LogP contribution >= 0.6 is 39.1 Å². The summed E-state index contributed by atoms with van der Waals surface area (Å²) in [6.07, 6.45) is 0. The van der Waals surface area contributed by atoms with E-state index in [1.165, 1.54) is 0 Å². The van der Waals surface area contributed by atoms with Gasteiger partial charge in [0.15, 0.2) is 0 Å². The summed E-state index contributed by atoms with van der Waals surface area (Å²) in [7, 11) is 0. The second-order valence-electron chi connectivity index (χ2n) is 3.61. The summed E-state index contributed by atoms with van der Waals surface area (Å²) in [4.78, 5) is 0. The molecule has 0 spiro atoms. The minimum atomic E-state index is 0.587. The molecule has 0 heterocycles. The molecule has 2 rings (SSSR count). The van der Waals surface area contributed by atoms with Crippen molar-refractivity contribution in [3.8, 4) is 11.5 Å². The van der Waals surface area contributed by atoms with Gasteiger partial charge in [-0.2, -0.15) is 0 Å². The third-order valence-electron chi connectivity index (χ3n) is 2.21. The molecular formula is C13H9BrCl2O. The fraction of sp³-hybridized carbons (Fsp3) is 0.0769. The van der Waals surface area contributed by atoms with Crippen molar-refractivity contribution in [2.75, 3.05) is 0 Å². The smallest absolute Gasteiger partial charge is 0.146 e. The molecule has 88 valence electrons. The van der Waals surface area contributed by atoms with Crippen molar-refractivity contribution in [3.63, 3.8) is 0 Å². The molecule has 2 aromatic carbocycles. The number of hydrogen-bond acceptors (Lipinski definition) is 1. The number of halogens is 3. The van der Waals surface area contributed by atoms with Crippen molar-refractivity contribution >= 4 is 39.1 Å². The summed E-state index contributed by atoms with van der Waals surface area (Å²) in [5.74, 6) is 1.28. The van der Waals surface area contributed by atoms with E-state index in [9.17, 15) is 0 Å². The molecule has 0 unspecified atom stereocenters. The van der Waals surface area contributed by atoms with E-state index in [0.29, 0.717) is 21.5 Å². The van der Waals surface area contributed by atoms with Crippen molar-refractivity contribution in [1.82, 2.24) is 0 Å². The number of benzene rings is 2. The topological polar surface area (TPSA) is 9.23 Å². The maximum Gasteiger partial charge on any atom is 0.146 e. The van der Waals surface area contributed by atoms with Crippen LogP contribution in [0.2, 0.25) is 10.0 Å². The van der Waals surface area contributed by atoms with Gasteiger partial charge in [0, 0.05) is 10.5 Å². The predicted molar refractivity (Wildman–Crippen MR) is 75.4 cm³/mol. The molecule has 0 atom stereocenters. The van der Waals surface area contributed by atoms with Crippen LogP contribution in [-0.2, 0) is 0 Å². The highest BCUT2D eigenvalue weighted by Crippen LogP contribution is 2.33. The van der Waals surface area contributed by atoms with E-state index >= 15 is 0 Å². The maximum absolute atomic E-state index is 6.08. The number of ether oxygens (including phenoxy) is 1. The molecule has 0 radical (unpaired) electrons. The van der Waals surface area contributed by atoms with Gasteiger partial charge in [0.1, 0.15) is 11.5 Å². The molecule has 2 aromatic rings. The van der Waals surface area contributed by atoms with Gasteiger partial charge in [-0.05, 0) is 52.7 Å². The highest BCUT2D eigenvalue weighted by Gasteiger charge is 2.05. The molecule has 0 aliphatic heterocycles. The summed E-state index contributed by atoms with van der Waals surface area (Å²) in [5.41, 5.74) is 1.09. The van der Waals surface area contributed by atoms with Gasteiger partial charge < -0.3 is 4.74 Å². The van der Waals surface area contributed by atoms with E-state index < -0.39 is 0 Å². The fourth-order valence-corrected chi connectivity index (χ4v) is 2.05. The first-order chi connectivity index (χ1) is 8.06. The number of rotatable bonds is 2. The highest BCUT2D eigenvalue weighted by atomic mass is 79.9. The highest BCUT2D eigenvalue weighted by molar-refractivity contribution is 9.10. The molecule has 0 saturated carbocycles. The minimum absolute atomic E-state index is 0.587. The van der Waals surface area contributed by atoms with E-state index in [1.54, 1.807) is 6.07 Å². The lowest BCUT2D eigenvalue weighted by Crippen LogP contribution is -1.86. The molecule has 0 N–H and O–H groups in total. The molecule has 4 heteroatoms. The van der Waals surface area contributed by atoms with Gasteiger partial charge in [-0.15, -0.1) is 0 Å². The zero-order chi connectivity index (χ0) is 12.4. The van der Waals surface area contributed by atoms with E-state index in [0.717, 1.165) is 10.0 Å². The first-order valence-electron chi connectivity index (χ1n) is 4.95. The first kappa shape index (κ1) is 12.7. The summed E-state index contributed by atoms with van der Waals surface area (Å²) < 4.78 is 6.50. The van der Waals surface area contributed by atoms with E-state index in [-0.39, 0.29) is 0 Å². The van der Waals surface area contributed by atoms with Gasteiger partial charge in [0.05, 0.1) is 10.0 Å². The molecule has 17 heavy (non-hydrogen) atoms. The monoisotopic (exact) mass is 330 g/mol. The third-order valence-corrected chi connectivity index (χ3v) is 3.73. The number of hydrogen-bond donors (Lipinski definition) is 0.